The Morgan fingerprint density at radius 1 is 1.05 bits per heavy atom. The highest BCUT2D eigenvalue weighted by Gasteiger charge is 2.30. The number of anilines is 2. The summed E-state index contributed by atoms with van der Waals surface area (Å²) in [5.41, 5.74) is 3.73. The molecule has 2 aromatic carbocycles. The Bertz CT molecular complexity index is 1360. The van der Waals surface area contributed by atoms with Crippen LogP contribution in [0.1, 0.15) is 41.0 Å². The summed E-state index contributed by atoms with van der Waals surface area (Å²) in [7, 11) is 0. The lowest BCUT2D eigenvalue weighted by molar-refractivity contribution is -0.137. The quantitative estimate of drug-likeness (QED) is 0.247. The fraction of sp³-hybridized carbons (Fsp3) is 0.286. The first-order valence-corrected chi connectivity index (χ1v) is 13.0. The van der Waals surface area contributed by atoms with Crippen LogP contribution >= 0.6 is 11.3 Å². The van der Waals surface area contributed by atoms with Crippen molar-refractivity contribution in [1.29, 1.82) is 0 Å². The van der Waals surface area contributed by atoms with Gasteiger partial charge in [-0.1, -0.05) is 36.4 Å². The van der Waals surface area contributed by atoms with Crippen LogP contribution in [0.25, 0.3) is 11.4 Å². The number of aromatic nitrogens is 2. The standard InChI is InChI=1S/C28H29F3N4OS/c1-4-34(5-2)26(36)23-17-25(35(19(23)3)15-14-20-10-7-6-8-11-20)24-18-37-27(33-24)32-22-13-9-12-21(16-22)28(29,30)31/h6-13,16-18H,4-5,14-15H2,1-3H3,(H,32,33). The molecule has 0 saturated heterocycles. The minimum absolute atomic E-state index is 0.0280. The number of thiazole rings is 1. The number of aryl methyl sites for hydroxylation is 1. The fourth-order valence-electron chi connectivity index (χ4n) is 4.27. The zero-order chi connectivity index (χ0) is 26.6. The van der Waals surface area contributed by atoms with Gasteiger partial charge < -0.3 is 14.8 Å². The summed E-state index contributed by atoms with van der Waals surface area (Å²) in [5.74, 6) is -0.0280. The summed E-state index contributed by atoms with van der Waals surface area (Å²) in [6.45, 7) is 7.73. The first-order chi connectivity index (χ1) is 17.7. The number of amides is 1. The molecule has 2 heterocycles. The molecule has 2 aromatic heterocycles. The lowest BCUT2D eigenvalue weighted by atomic mass is 10.1. The summed E-state index contributed by atoms with van der Waals surface area (Å²) < 4.78 is 41.4. The average molecular weight is 527 g/mol. The highest BCUT2D eigenvalue weighted by molar-refractivity contribution is 7.14. The number of hydrogen-bond donors (Lipinski definition) is 1. The van der Waals surface area contributed by atoms with Crippen LogP contribution in [-0.4, -0.2) is 33.4 Å². The maximum Gasteiger partial charge on any atom is 0.416 e. The molecule has 0 aliphatic heterocycles. The topological polar surface area (TPSA) is 50.2 Å². The zero-order valence-electron chi connectivity index (χ0n) is 21.0. The van der Waals surface area contributed by atoms with Crippen LogP contribution in [0.4, 0.5) is 24.0 Å². The van der Waals surface area contributed by atoms with Crippen molar-refractivity contribution in [3.05, 3.63) is 88.4 Å². The second kappa shape index (κ2) is 11.2. The van der Waals surface area contributed by atoms with Gasteiger partial charge in [0.15, 0.2) is 5.13 Å². The highest BCUT2D eigenvalue weighted by atomic mass is 32.1. The van der Waals surface area contributed by atoms with Crippen molar-refractivity contribution in [3.8, 4) is 11.4 Å². The molecule has 0 aliphatic carbocycles. The maximum atomic E-state index is 13.2. The predicted octanol–water partition coefficient (Wildman–Crippen LogP) is 7.41. The summed E-state index contributed by atoms with van der Waals surface area (Å²) in [6, 6.07) is 17.0. The molecular formula is C28H29F3N4OS. The van der Waals surface area contributed by atoms with Gasteiger partial charge in [-0.25, -0.2) is 4.98 Å². The minimum Gasteiger partial charge on any atom is -0.342 e. The van der Waals surface area contributed by atoms with Crippen LogP contribution in [0.5, 0.6) is 0 Å². The Kier molecular flexibility index (Phi) is 8.02. The van der Waals surface area contributed by atoms with Crippen molar-refractivity contribution in [3.63, 3.8) is 0 Å². The van der Waals surface area contributed by atoms with Gasteiger partial charge in [-0.05, 0) is 57.0 Å². The van der Waals surface area contributed by atoms with E-state index in [9.17, 15) is 18.0 Å². The fourth-order valence-corrected chi connectivity index (χ4v) is 5.00. The number of halogens is 3. The third-order valence-corrected chi connectivity index (χ3v) is 7.08. The Balaban J connectivity index is 1.66. The molecule has 0 fully saturated rings. The zero-order valence-corrected chi connectivity index (χ0v) is 21.8. The molecule has 0 bridgehead atoms. The Labute approximate surface area is 218 Å². The van der Waals surface area contributed by atoms with E-state index < -0.39 is 11.7 Å². The summed E-state index contributed by atoms with van der Waals surface area (Å²) in [4.78, 5) is 19.7. The number of carbonyl (C=O) groups is 1. The third-order valence-electron chi connectivity index (χ3n) is 6.32. The molecule has 4 aromatic rings. The Morgan fingerprint density at radius 2 is 1.78 bits per heavy atom. The van der Waals surface area contributed by atoms with Gasteiger partial charge in [-0.2, -0.15) is 13.2 Å². The summed E-state index contributed by atoms with van der Waals surface area (Å²) in [6.07, 6.45) is -3.64. The van der Waals surface area contributed by atoms with Gasteiger partial charge in [0.1, 0.15) is 0 Å². The van der Waals surface area contributed by atoms with E-state index in [1.165, 1.54) is 23.0 Å². The molecule has 0 spiro atoms. The van der Waals surface area contributed by atoms with Crippen LogP contribution in [0.2, 0.25) is 0 Å². The summed E-state index contributed by atoms with van der Waals surface area (Å²) in [5, 5.41) is 5.32. The van der Waals surface area contributed by atoms with E-state index in [1.54, 1.807) is 11.0 Å². The highest BCUT2D eigenvalue weighted by Crippen LogP contribution is 2.34. The molecule has 0 radical (unpaired) electrons. The number of nitrogens with one attached hydrogen (secondary N) is 1. The van der Waals surface area contributed by atoms with E-state index in [0.29, 0.717) is 41.7 Å². The van der Waals surface area contributed by atoms with Gasteiger partial charge in [0, 0.05) is 36.4 Å². The Hall–Kier alpha value is -3.59. The number of hydrogen-bond acceptors (Lipinski definition) is 4. The number of nitrogens with zero attached hydrogens (tertiary/aromatic N) is 3. The van der Waals surface area contributed by atoms with Gasteiger partial charge in [0.2, 0.25) is 0 Å². The van der Waals surface area contributed by atoms with Gasteiger partial charge in [0.05, 0.1) is 22.5 Å². The average Bonchev–Trinajstić information content (AvgIpc) is 3.47. The predicted molar refractivity (Wildman–Crippen MR) is 142 cm³/mol. The van der Waals surface area contributed by atoms with Crippen LogP contribution in [0.3, 0.4) is 0 Å². The van der Waals surface area contributed by atoms with Crippen LogP contribution in [-0.2, 0) is 19.1 Å². The second-order valence-corrected chi connectivity index (χ2v) is 9.49. The first kappa shape index (κ1) is 26.5. The van der Waals surface area contributed by atoms with E-state index in [0.717, 1.165) is 29.9 Å². The van der Waals surface area contributed by atoms with E-state index >= 15 is 0 Å². The number of alkyl halides is 3. The normalized spacial score (nSPS) is 11.5. The molecule has 0 aliphatic rings. The molecule has 1 amide bonds. The van der Waals surface area contributed by atoms with Crippen molar-refractivity contribution in [2.45, 2.75) is 39.9 Å². The van der Waals surface area contributed by atoms with E-state index in [1.807, 2.05) is 50.4 Å². The molecular weight excluding hydrogens is 497 g/mol. The maximum absolute atomic E-state index is 13.2. The first-order valence-electron chi connectivity index (χ1n) is 12.1. The molecule has 4 rings (SSSR count). The smallest absolute Gasteiger partial charge is 0.342 e. The second-order valence-electron chi connectivity index (χ2n) is 8.63. The van der Waals surface area contributed by atoms with Gasteiger partial charge >= 0.3 is 6.18 Å². The molecule has 0 unspecified atom stereocenters. The van der Waals surface area contributed by atoms with Crippen molar-refractivity contribution in [2.75, 3.05) is 18.4 Å². The van der Waals surface area contributed by atoms with Crippen molar-refractivity contribution < 1.29 is 18.0 Å². The molecule has 37 heavy (non-hydrogen) atoms. The number of rotatable bonds is 9. The van der Waals surface area contributed by atoms with Gasteiger partial charge in [-0.3, -0.25) is 4.79 Å². The van der Waals surface area contributed by atoms with Crippen LogP contribution < -0.4 is 5.32 Å². The van der Waals surface area contributed by atoms with E-state index in [2.05, 4.69) is 27.0 Å². The van der Waals surface area contributed by atoms with Crippen molar-refractivity contribution in [2.24, 2.45) is 0 Å². The van der Waals surface area contributed by atoms with Gasteiger partial charge in [0.25, 0.3) is 5.91 Å². The minimum atomic E-state index is -4.42. The third kappa shape index (κ3) is 6.05. The van der Waals surface area contributed by atoms with E-state index in [-0.39, 0.29) is 5.91 Å². The van der Waals surface area contributed by atoms with Crippen LogP contribution in [0, 0.1) is 6.92 Å². The lowest BCUT2D eigenvalue weighted by Crippen LogP contribution is -2.30. The van der Waals surface area contributed by atoms with Crippen molar-refractivity contribution >= 4 is 28.1 Å². The van der Waals surface area contributed by atoms with Crippen molar-refractivity contribution in [1.82, 2.24) is 14.5 Å². The van der Waals surface area contributed by atoms with Gasteiger partial charge in [-0.15, -0.1) is 11.3 Å². The molecule has 1 N–H and O–H groups in total. The summed E-state index contributed by atoms with van der Waals surface area (Å²) >= 11 is 1.30. The van der Waals surface area contributed by atoms with E-state index in [4.69, 9.17) is 0 Å². The molecule has 9 heteroatoms. The van der Waals surface area contributed by atoms with Crippen LogP contribution in [0.15, 0.2) is 66.0 Å². The Morgan fingerprint density at radius 3 is 2.46 bits per heavy atom. The molecule has 0 saturated carbocycles. The largest absolute Gasteiger partial charge is 0.416 e. The molecule has 5 nitrogen and oxygen atoms in total. The monoisotopic (exact) mass is 526 g/mol. The SMILES string of the molecule is CCN(CC)C(=O)c1cc(-c2csc(Nc3cccc(C(F)(F)F)c3)n2)n(CCc2ccccc2)c1C. The number of benzene rings is 2. The molecule has 194 valence electrons. The number of carbonyl (C=O) groups excluding carboxylic acids is 1. The molecule has 0 atom stereocenters. The lowest BCUT2D eigenvalue weighted by Gasteiger charge is -2.18.